The van der Waals surface area contributed by atoms with Gasteiger partial charge < -0.3 is 0 Å². The van der Waals surface area contributed by atoms with Gasteiger partial charge in [-0.05, 0) is 41.9 Å². The summed E-state index contributed by atoms with van der Waals surface area (Å²) < 4.78 is 0. The van der Waals surface area contributed by atoms with Gasteiger partial charge in [-0.2, -0.15) is 11.8 Å². The molecular weight excluding hydrogens is 343 g/mol. The quantitative estimate of drug-likeness (QED) is 0.619. The van der Waals surface area contributed by atoms with Crippen LogP contribution in [0.3, 0.4) is 0 Å². The summed E-state index contributed by atoms with van der Waals surface area (Å²) in [6.07, 6.45) is 1.91. The summed E-state index contributed by atoms with van der Waals surface area (Å²) in [6.45, 7) is 0. The minimum atomic E-state index is 0.0709. The first-order chi connectivity index (χ1) is 10.2. The molecule has 1 atom stereocenters. The zero-order chi connectivity index (χ0) is 14.8. The number of nitrogens with one attached hydrogen (secondary N) is 1. The van der Waals surface area contributed by atoms with Gasteiger partial charge in [0.25, 0.3) is 0 Å². The summed E-state index contributed by atoms with van der Waals surface area (Å²) in [5, 5.41) is 1.21. The van der Waals surface area contributed by atoms with Crippen molar-refractivity contribution in [3.63, 3.8) is 0 Å². The van der Waals surface area contributed by atoms with Crippen LogP contribution in [0, 0.1) is 0 Å². The second-order valence-electron chi connectivity index (χ2n) is 5.04. The number of rotatable bonds is 4. The van der Waals surface area contributed by atoms with Crippen molar-refractivity contribution in [3.05, 3.63) is 55.2 Å². The summed E-state index contributed by atoms with van der Waals surface area (Å²) in [6, 6.07) is 8.09. The van der Waals surface area contributed by atoms with E-state index in [-0.39, 0.29) is 6.04 Å². The third-order valence-corrected chi connectivity index (χ3v) is 6.86. The van der Waals surface area contributed by atoms with Gasteiger partial charge >= 0.3 is 0 Å². The van der Waals surface area contributed by atoms with Crippen molar-refractivity contribution in [1.29, 1.82) is 0 Å². The summed E-state index contributed by atoms with van der Waals surface area (Å²) in [5.74, 6) is 8.10. The highest BCUT2D eigenvalue weighted by Crippen LogP contribution is 2.36. The molecule has 0 amide bonds. The molecule has 0 bridgehead atoms. The molecule has 0 fully saturated rings. The molecule has 2 nitrogen and oxygen atoms in total. The first-order valence-corrected chi connectivity index (χ1v) is 9.50. The van der Waals surface area contributed by atoms with Crippen molar-refractivity contribution in [2.75, 3.05) is 5.75 Å². The topological polar surface area (TPSA) is 38.0 Å². The Morgan fingerprint density at radius 1 is 1.33 bits per heavy atom. The fourth-order valence-corrected chi connectivity index (χ4v) is 5.34. The van der Waals surface area contributed by atoms with E-state index in [9.17, 15) is 0 Å². The molecule has 3 N–H and O–H groups in total. The molecular formula is C15H16Cl2N2S2. The summed E-state index contributed by atoms with van der Waals surface area (Å²) in [7, 11) is 0. The highest BCUT2D eigenvalue weighted by Gasteiger charge is 2.20. The van der Waals surface area contributed by atoms with E-state index in [0.29, 0.717) is 10.0 Å². The minimum absolute atomic E-state index is 0.0709. The maximum atomic E-state index is 6.28. The molecule has 1 aliphatic rings. The monoisotopic (exact) mass is 358 g/mol. The Labute approximate surface area is 143 Å². The van der Waals surface area contributed by atoms with Crippen LogP contribution < -0.4 is 11.3 Å². The Morgan fingerprint density at radius 3 is 2.95 bits per heavy atom. The number of halogens is 2. The number of hydrazine groups is 1. The Morgan fingerprint density at radius 2 is 2.19 bits per heavy atom. The predicted molar refractivity (Wildman–Crippen MR) is 94.4 cm³/mol. The van der Waals surface area contributed by atoms with Crippen LogP contribution in [0.4, 0.5) is 0 Å². The molecule has 1 aromatic heterocycles. The Kier molecular flexibility index (Phi) is 5.15. The normalized spacial score (nSPS) is 15.8. The zero-order valence-electron chi connectivity index (χ0n) is 11.4. The lowest BCUT2D eigenvalue weighted by atomic mass is 10.0. The lowest BCUT2D eigenvalue weighted by Gasteiger charge is -2.15. The zero-order valence-corrected chi connectivity index (χ0v) is 14.5. The molecule has 112 valence electrons. The smallest absolute Gasteiger partial charge is 0.0625 e. The largest absolute Gasteiger partial charge is 0.271 e. The van der Waals surface area contributed by atoms with E-state index in [4.69, 9.17) is 29.0 Å². The van der Waals surface area contributed by atoms with Crippen LogP contribution in [0.5, 0.6) is 0 Å². The van der Waals surface area contributed by atoms with Crippen LogP contribution in [-0.4, -0.2) is 5.75 Å². The van der Waals surface area contributed by atoms with Crippen LogP contribution in [0.15, 0.2) is 24.3 Å². The average molecular weight is 359 g/mol. The standard InChI is InChI=1S/C15H16Cl2N2S2/c16-11-3-1-2-9(15(11)17)6-12(19-18)14-7-10-8-20-5-4-13(10)21-14/h1-3,7,12,19H,4-6,8,18H2. The van der Waals surface area contributed by atoms with Crippen LogP contribution in [-0.2, 0) is 18.6 Å². The highest BCUT2D eigenvalue weighted by atomic mass is 35.5. The second kappa shape index (κ2) is 6.90. The first kappa shape index (κ1) is 15.7. The van der Waals surface area contributed by atoms with Crippen molar-refractivity contribution < 1.29 is 0 Å². The SMILES string of the molecule is NNC(Cc1cccc(Cl)c1Cl)c1cc2c(s1)CCSC2. The third-order valence-electron chi connectivity index (χ3n) is 3.65. The third kappa shape index (κ3) is 3.41. The van der Waals surface area contributed by atoms with Gasteiger partial charge in [-0.3, -0.25) is 11.3 Å². The van der Waals surface area contributed by atoms with E-state index in [0.717, 1.165) is 17.7 Å². The average Bonchev–Trinajstić information content (AvgIpc) is 2.92. The molecule has 1 unspecified atom stereocenters. The molecule has 6 heteroatoms. The summed E-state index contributed by atoms with van der Waals surface area (Å²) in [5.41, 5.74) is 5.41. The Balaban J connectivity index is 1.85. The molecule has 0 spiro atoms. The van der Waals surface area contributed by atoms with E-state index in [1.807, 2.05) is 35.2 Å². The van der Waals surface area contributed by atoms with Gasteiger partial charge in [-0.25, -0.2) is 0 Å². The van der Waals surface area contributed by atoms with E-state index in [1.54, 1.807) is 6.07 Å². The van der Waals surface area contributed by atoms with Crippen molar-refractivity contribution in [2.24, 2.45) is 5.84 Å². The van der Waals surface area contributed by atoms with E-state index in [1.165, 1.54) is 27.5 Å². The number of benzene rings is 1. The van der Waals surface area contributed by atoms with Crippen LogP contribution >= 0.6 is 46.3 Å². The molecule has 0 aliphatic carbocycles. The number of hydrogen-bond acceptors (Lipinski definition) is 4. The molecule has 2 heterocycles. The number of thioether (sulfide) groups is 1. The van der Waals surface area contributed by atoms with Gasteiger partial charge in [0.1, 0.15) is 0 Å². The lowest BCUT2D eigenvalue weighted by molar-refractivity contribution is 0.560. The lowest BCUT2D eigenvalue weighted by Crippen LogP contribution is -2.29. The van der Waals surface area contributed by atoms with E-state index < -0.39 is 0 Å². The minimum Gasteiger partial charge on any atom is -0.271 e. The van der Waals surface area contributed by atoms with E-state index in [2.05, 4.69) is 11.5 Å². The highest BCUT2D eigenvalue weighted by molar-refractivity contribution is 7.98. The first-order valence-electron chi connectivity index (χ1n) is 6.77. The molecule has 1 aromatic carbocycles. The fraction of sp³-hybridized carbons (Fsp3) is 0.333. The van der Waals surface area contributed by atoms with Crippen molar-refractivity contribution in [2.45, 2.75) is 24.6 Å². The van der Waals surface area contributed by atoms with E-state index >= 15 is 0 Å². The molecule has 0 radical (unpaired) electrons. The van der Waals surface area contributed by atoms with Crippen molar-refractivity contribution in [1.82, 2.24) is 5.43 Å². The molecule has 1 aliphatic heterocycles. The van der Waals surface area contributed by atoms with Crippen LogP contribution in [0.25, 0.3) is 0 Å². The number of fused-ring (bicyclic) bond motifs is 1. The van der Waals surface area contributed by atoms with Gasteiger partial charge in [0.15, 0.2) is 0 Å². The molecule has 0 saturated heterocycles. The predicted octanol–water partition coefficient (Wildman–Crippen LogP) is 4.59. The van der Waals surface area contributed by atoms with Gasteiger partial charge in [-0.15, -0.1) is 11.3 Å². The molecule has 2 aromatic rings. The maximum absolute atomic E-state index is 6.28. The van der Waals surface area contributed by atoms with Crippen molar-refractivity contribution >= 4 is 46.3 Å². The van der Waals surface area contributed by atoms with Crippen molar-refractivity contribution in [3.8, 4) is 0 Å². The second-order valence-corrected chi connectivity index (χ2v) is 8.09. The van der Waals surface area contributed by atoms with Gasteiger partial charge in [0.05, 0.1) is 16.1 Å². The summed E-state index contributed by atoms with van der Waals surface area (Å²) in [4.78, 5) is 2.78. The number of aryl methyl sites for hydroxylation is 1. The number of hydrogen-bond donors (Lipinski definition) is 2. The van der Waals surface area contributed by atoms with Gasteiger partial charge in [-0.1, -0.05) is 35.3 Å². The Bertz CT molecular complexity index is 619. The van der Waals surface area contributed by atoms with Crippen LogP contribution in [0.1, 0.15) is 26.9 Å². The molecule has 3 rings (SSSR count). The van der Waals surface area contributed by atoms with Crippen LogP contribution in [0.2, 0.25) is 10.0 Å². The summed E-state index contributed by atoms with van der Waals surface area (Å²) >= 11 is 16.2. The molecule has 0 saturated carbocycles. The molecule has 21 heavy (non-hydrogen) atoms. The maximum Gasteiger partial charge on any atom is 0.0625 e. The number of nitrogens with two attached hydrogens (primary N) is 1. The van der Waals surface area contributed by atoms with Gasteiger partial charge in [0.2, 0.25) is 0 Å². The van der Waals surface area contributed by atoms with Gasteiger partial charge in [0, 0.05) is 15.5 Å². The Hall–Kier alpha value is -0.230. The fourth-order valence-electron chi connectivity index (χ4n) is 2.51. The number of thiophene rings is 1.